The molecule has 4 nitrogen and oxygen atoms in total. The topological polar surface area (TPSA) is 57.8 Å². The van der Waals surface area contributed by atoms with E-state index in [1.165, 1.54) is 5.39 Å². The summed E-state index contributed by atoms with van der Waals surface area (Å²) in [7, 11) is 0. The standard InChI is InChI=1S/C23H23N3O/c1-15(2)22(23-24-19-9-5-6-10-20(19)25-23)26-21(27)14-16-11-12-17-7-3-4-8-18(17)13-16/h3-13,15,22H,14H2,1-2H3,(H,24,25)(H,26,27)/t22-/m1/s1. The number of aromatic amines is 1. The van der Waals surface area contributed by atoms with Gasteiger partial charge in [0.15, 0.2) is 0 Å². The maximum absolute atomic E-state index is 12.7. The number of hydrogen-bond donors (Lipinski definition) is 2. The first-order valence-corrected chi connectivity index (χ1v) is 9.32. The molecule has 3 aromatic carbocycles. The van der Waals surface area contributed by atoms with Gasteiger partial charge in [0, 0.05) is 0 Å². The summed E-state index contributed by atoms with van der Waals surface area (Å²) in [6.45, 7) is 4.18. The summed E-state index contributed by atoms with van der Waals surface area (Å²) in [5, 5.41) is 5.50. The molecule has 0 fully saturated rings. The van der Waals surface area contributed by atoms with Crippen molar-refractivity contribution in [2.75, 3.05) is 0 Å². The van der Waals surface area contributed by atoms with Crippen molar-refractivity contribution in [1.29, 1.82) is 0 Å². The molecular formula is C23H23N3O. The maximum atomic E-state index is 12.7. The predicted octanol–water partition coefficient (Wildman–Crippen LogP) is 4.77. The molecule has 27 heavy (non-hydrogen) atoms. The van der Waals surface area contributed by atoms with E-state index in [4.69, 9.17) is 0 Å². The number of H-pyrrole nitrogens is 1. The number of rotatable bonds is 5. The lowest BCUT2D eigenvalue weighted by molar-refractivity contribution is -0.121. The molecule has 0 saturated heterocycles. The summed E-state index contributed by atoms with van der Waals surface area (Å²) in [5.41, 5.74) is 2.92. The number of nitrogens with zero attached hydrogens (tertiary/aromatic N) is 1. The van der Waals surface area contributed by atoms with Crippen LogP contribution in [0, 0.1) is 5.92 Å². The molecule has 0 unspecified atom stereocenters. The SMILES string of the molecule is CC(C)[C@@H](NC(=O)Cc1ccc2ccccc2c1)c1nc2ccccc2[nH]1. The van der Waals surface area contributed by atoms with Crippen LogP contribution in [0.5, 0.6) is 0 Å². The van der Waals surface area contributed by atoms with Gasteiger partial charge in [-0.1, -0.05) is 68.4 Å². The van der Waals surface area contributed by atoms with Gasteiger partial charge in [0.1, 0.15) is 5.82 Å². The van der Waals surface area contributed by atoms with Gasteiger partial charge in [-0.15, -0.1) is 0 Å². The van der Waals surface area contributed by atoms with E-state index in [9.17, 15) is 4.79 Å². The second-order valence-electron chi connectivity index (χ2n) is 7.29. The van der Waals surface area contributed by atoms with Crippen molar-refractivity contribution < 1.29 is 4.79 Å². The molecule has 0 aliphatic rings. The molecule has 0 bridgehead atoms. The molecule has 1 heterocycles. The van der Waals surface area contributed by atoms with Gasteiger partial charge in [0.05, 0.1) is 23.5 Å². The molecule has 2 N–H and O–H groups in total. The third-order valence-corrected chi connectivity index (χ3v) is 4.86. The number of nitrogens with one attached hydrogen (secondary N) is 2. The third kappa shape index (κ3) is 3.70. The number of aromatic nitrogens is 2. The molecule has 4 rings (SSSR count). The van der Waals surface area contributed by atoms with Crippen molar-refractivity contribution in [2.24, 2.45) is 5.92 Å². The summed E-state index contributed by atoms with van der Waals surface area (Å²) in [5.74, 6) is 1.04. The predicted molar refractivity (Wildman–Crippen MR) is 109 cm³/mol. The second kappa shape index (κ2) is 7.23. The molecule has 1 atom stereocenters. The number of benzene rings is 3. The molecular weight excluding hydrogens is 334 g/mol. The van der Waals surface area contributed by atoms with Gasteiger partial charge in [-0.05, 0) is 34.4 Å². The van der Waals surface area contributed by atoms with Crippen LogP contribution < -0.4 is 5.32 Å². The van der Waals surface area contributed by atoms with Crippen LogP contribution >= 0.6 is 0 Å². The number of amides is 1. The smallest absolute Gasteiger partial charge is 0.225 e. The first-order valence-electron chi connectivity index (χ1n) is 9.32. The largest absolute Gasteiger partial charge is 0.346 e. The van der Waals surface area contributed by atoms with E-state index in [1.54, 1.807) is 0 Å². The van der Waals surface area contributed by atoms with Crippen molar-refractivity contribution in [1.82, 2.24) is 15.3 Å². The molecule has 136 valence electrons. The minimum atomic E-state index is -0.148. The number of hydrogen-bond acceptors (Lipinski definition) is 2. The Morgan fingerprint density at radius 1 is 1.00 bits per heavy atom. The van der Waals surface area contributed by atoms with Crippen LogP contribution in [0.3, 0.4) is 0 Å². The van der Waals surface area contributed by atoms with E-state index in [1.807, 2.05) is 42.5 Å². The zero-order valence-corrected chi connectivity index (χ0v) is 15.6. The molecule has 0 aliphatic heterocycles. The van der Waals surface area contributed by atoms with Crippen LogP contribution in [-0.2, 0) is 11.2 Å². The lowest BCUT2D eigenvalue weighted by Gasteiger charge is -2.20. The van der Waals surface area contributed by atoms with Crippen LogP contribution in [-0.4, -0.2) is 15.9 Å². The highest BCUT2D eigenvalue weighted by molar-refractivity contribution is 5.85. The van der Waals surface area contributed by atoms with E-state index < -0.39 is 0 Å². The minimum Gasteiger partial charge on any atom is -0.346 e. The van der Waals surface area contributed by atoms with E-state index in [-0.39, 0.29) is 17.9 Å². The molecule has 4 heteroatoms. The molecule has 1 amide bonds. The van der Waals surface area contributed by atoms with Crippen LogP contribution in [0.4, 0.5) is 0 Å². The highest BCUT2D eigenvalue weighted by Crippen LogP contribution is 2.22. The van der Waals surface area contributed by atoms with Crippen LogP contribution in [0.25, 0.3) is 21.8 Å². The van der Waals surface area contributed by atoms with Crippen molar-refractivity contribution >= 4 is 27.7 Å². The number of fused-ring (bicyclic) bond motifs is 2. The first-order chi connectivity index (χ1) is 13.1. The lowest BCUT2D eigenvalue weighted by atomic mass is 10.0. The summed E-state index contributed by atoms with van der Waals surface area (Å²) < 4.78 is 0. The highest BCUT2D eigenvalue weighted by Gasteiger charge is 2.21. The minimum absolute atomic E-state index is 0.00411. The average molecular weight is 357 g/mol. The van der Waals surface area contributed by atoms with Crippen LogP contribution in [0.2, 0.25) is 0 Å². The Hall–Kier alpha value is -3.14. The van der Waals surface area contributed by atoms with Gasteiger partial charge in [-0.3, -0.25) is 4.79 Å². The fourth-order valence-corrected chi connectivity index (χ4v) is 3.43. The van der Waals surface area contributed by atoms with E-state index in [0.717, 1.165) is 27.8 Å². The zero-order valence-electron chi connectivity index (χ0n) is 15.6. The number of para-hydroxylation sites is 2. The van der Waals surface area contributed by atoms with E-state index in [2.05, 4.69) is 53.4 Å². The van der Waals surface area contributed by atoms with Crippen molar-refractivity contribution in [3.8, 4) is 0 Å². The van der Waals surface area contributed by atoms with Gasteiger partial charge >= 0.3 is 0 Å². The molecule has 4 aromatic rings. The Morgan fingerprint density at radius 2 is 1.74 bits per heavy atom. The fraction of sp³-hybridized carbons (Fsp3) is 0.217. The van der Waals surface area contributed by atoms with Gasteiger partial charge in [0.2, 0.25) is 5.91 Å². The molecule has 0 saturated carbocycles. The van der Waals surface area contributed by atoms with E-state index in [0.29, 0.717) is 6.42 Å². The highest BCUT2D eigenvalue weighted by atomic mass is 16.1. The zero-order chi connectivity index (χ0) is 18.8. The number of carbonyl (C=O) groups excluding carboxylic acids is 1. The summed E-state index contributed by atoms with van der Waals surface area (Å²) in [4.78, 5) is 20.7. The number of carbonyl (C=O) groups is 1. The van der Waals surface area contributed by atoms with Crippen LogP contribution in [0.1, 0.15) is 31.3 Å². The molecule has 0 spiro atoms. The quantitative estimate of drug-likeness (QED) is 0.540. The first kappa shape index (κ1) is 17.3. The van der Waals surface area contributed by atoms with Gasteiger partial charge in [-0.25, -0.2) is 4.98 Å². The third-order valence-electron chi connectivity index (χ3n) is 4.86. The Kier molecular flexibility index (Phi) is 4.63. The summed E-state index contributed by atoms with van der Waals surface area (Å²) in [6, 6.07) is 22.1. The van der Waals surface area contributed by atoms with Crippen molar-refractivity contribution in [2.45, 2.75) is 26.3 Å². The second-order valence-corrected chi connectivity index (χ2v) is 7.29. The van der Waals surface area contributed by atoms with Crippen molar-refractivity contribution in [3.63, 3.8) is 0 Å². The van der Waals surface area contributed by atoms with Crippen LogP contribution in [0.15, 0.2) is 66.7 Å². The average Bonchev–Trinajstić information content (AvgIpc) is 3.09. The van der Waals surface area contributed by atoms with Gasteiger partial charge in [-0.2, -0.15) is 0 Å². The number of imidazole rings is 1. The lowest BCUT2D eigenvalue weighted by Crippen LogP contribution is -2.33. The Balaban J connectivity index is 1.53. The van der Waals surface area contributed by atoms with E-state index >= 15 is 0 Å². The molecule has 0 aliphatic carbocycles. The monoisotopic (exact) mass is 357 g/mol. The Labute approximate surface area is 158 Å². The summed E-state index contributed by atoms with van der Waals surface area (Å²) >= 11 is 0. The van der Waals surface area contributed by atoms with Gasteiger partial charge in [0.25, 0.3) is 0 Å². The summed E-state index contributed by atoms with van der Waals surface area (Å²) in [6.07, 6.45) is 0.355. The van der Waals surface area contributed by atoms with Gasteiger partial charge < -0.3 is 10.3 Å². The molecule has 1 aromatic heterocycles. The normalized spacial score (nSPS) is 12.6. The molecule has 0 radical (unpaired) electrons. The van der Waals surface area contributed by atoms with Crippen molar-refractivity contribution in [3.05, 3.63) is 78.1 Å². The Bertz CT molecular complexity index is 1060. The maximum Gasteiger partial charge on any atom is 0.225 e. The fourth-order valence-electron chi connectivity index (χ4n) is 3.43. The Morgan fingerprint density at radius 3 is 2.52 bits per heavy atom.